The number of methoxy groups -OCH3 is 3. The molecule has 23 heavy (non-hydrogen) atoms. The number of carbonyl (C=O) groups is 1. The quantitative estimate of drug-likeness (QED) is 0.379. The molecule has 0 aromatic heterocycles. The Morgan fingerprint density at radius 3 is 2.09 bits per heavy atom. The number of aryl methyl sites for hydroxylation is 1. The molecule has 1 aromatic rings. The molecular weight excluding hydrogens is 324 g/mol. The van der Waals surface area contributed by atoms with E-state index in [2.05, 4.69) is 4.74 Å². The lowest BCUT2D eigenvalue weighted by atomic mass is 10.0. The first-order valence-electron chi connectivity index (χ1n) is 6.91. The molecule has 0 radical (unpaired) electrons. The molecule has 0 aliphatic rings. The molecule has 0 aliphatic carbocycles. The van der Waals surface area contributed by atoms with E-state index in [0.29, 0.717) is 18.4 Å². The standard InChI is InChI=1S/C15H22O7S/c1-19-14(16)12-8-5-11(6-9-12)7-10-13(15(20-2)21-3)22-23(4,17)18/h5-6,8-9,13,15H,7,10H2,1-4H3/t13-/m1/s1. The topological polar surface area (TPSA) is 88.1 Å². The molecule has 8 heteroatoms. The first-order chi connectivity index (χ1) is 10.8. The zero-order valence-electron chi connectivity index (χ0n) is 13.6. The van der Waals surface area contributed by atoms with Crippen LogP contribution in [0.5, 0.6) is 0 Å². The van der Waals surface area contributed by atoms with E-state index in [4.69, 9.17) is 13.7 Å². The fourth-order valence-corrected chi connectivity index (χ4v) is 2.72. The number of hydrogen-bond donors (Lipinski definition) is 0. The Kier molecular flexibility index (Phi) is 7.63. The van der Waals surface area contributed by atoms with Crippen LogP contribution in [0.1, 0.15) is 22.3 Å². The third kappa shape index (κ3) is 6.66. The van der Waals surface area contributed by atoms with Crippen LogP contribution in [0.2, 0.25) is 0 Å². The van der Waals surface area contributed by atoms with E-state index < -0.39 is 28.5 Å². The van der Waals surface area contributed by atoms with Gasteiger partial charge < -0.3 is 14.2 Å². The Bertz CT molecular complexity index is 591. The van der Waals surface area contributed by atoms with Crippen molar-refractivity contribution in [3.8, 4) is 0 Å². The Morgan fingerprint density at radius 1 is 1.09 bits per heavy atom. The van der Waals surface area contributed by atoms with Crippen molar-refractivity contribution in [1.29, 1.82) is 0 Å². The number of hydrogen-bond acceptors (Lipinski definition) is 7. The van der Waals surface area contributed by atoms with Crippen LogP contribution in [-0.2, 0) is 34.9 Å². The lowest BCUT2D eigenvalue weighted by Crippen LogP contribution is -2.34. The second kappa shape index (κ2) is 8.97. The smallest absolute Gasteiger partial charge is 0.337 e. The van der Waals surface area contributed by atoms with E-state index >= 15 is 0 Å². The Morgan fingerprint density at radius 2 is 1.65 bits per heavy atom. The van der Waals surface area contributed by atoms with Gasteiger partial charge in [-0.25, -0.2) is 4.79 Å². The molecular formula is C15H22O7S. The van der Waals surface area contributed by atoms with Gasteiger partial charge in [-0.1, -0.05) is 12.1 Å². The van der Waals surface area contributed by atoms with Crippen molar-refractivity contribution in [3.05, 3.63) is 35.4 Å². The fourth-order valence-electron chi connectivity index (χ4n) is 2.09. The number of ether oxygens (including phenoxy) is 3. The average Bonchev–Trinajstić information content (AvgIpc) is 2.52. The van der Waals surface area contributed by atoms with E-state index in [1.54, 1.807) is 24.3 Å². The monoisotopic (exact) mass is 346 g/mol. The highest BCUT2D eigenvalue weighted by Gasteiger charge is 2.25. The van der Waals surface area contributed by atoms with Crippen molar-refractivity contribution >= 4 is 16.1 Å². The average molecular weight is 346 g/mol. The first-order valence-corrected chi connectivity index (χ1v) is 8.73. The van der Waals surface area contributed by atoms with Crippen LogP contribution >= 0.6 is 0 Å². The molecule has 0 heterocycles. The highest BCUT2D eigenvalue weighted by molar-refractivity contribution is 7.86. The molecule has 0 aliphatic heterocycles. The maximum absolute atomic E-state index is 11.4. The SMILES string of the molecule is COC(=O)c1ccc(CC[C@@H](OS(C)(=O)=O)C(OC)OC)cc1. The summed E-state index contributed by atoms with van der Waals surface area (Å²) in [5.74, 6) is -0.409. The maximum atomic E-state index is 11.4. The second-order valence-corrected chi connectivity index (χ2v) is 6.51. The molecule has 1 atom stereocenters. The predicted octanol–water partition coefficient (Wildman–Crippen LogP) is 1.37. The Labute approximate surface area is 136 Å². The Hall–Kier alpha value is -1.48. The molecule has 7 nitrogen and oxygen atoms in total. The Balaban J connectivity index is 2.75. The van der Waals surface area contributed by atoms with Gasteiger partial charge in [0.05, 0.1) is 18.9 Å². The van der Waals surface area contributed by atoms with Gasteiger partial charge in [0.15, 0.2) is 6.29 Å². The van der Waals surface area contributed by atoms with Crippen LogP contribution in [0.4, 0.5) is 0 Å². The minimum absolute atomic E-state index is 0.372. The van der Waals surface area contributed by atoms with Gasteiger partial charge in [-0.3, -0.25) is 4.18 Å². The molecule has 0 saturated heterocycles. The van der Waals surface area contributed by atoms with Crippen LogP contribution in [0, 0.1) is 0 Å². The van der Waals surface area contributed by atoms with Gasteiger partial charge in [0, 0.05) is 14.2 Å². The largest absolute Gasteiger partial charge is 0.465 e. The molecule has 0 bridgehead atoms. The third-order valence-corrected chi connectivity index (χ3v) is 3.76. The number of carbonyl (C=O) groups excluding carboxylic acids is 1. The summed E-state index contributed by atoms with van der Waals surface area (Å²) in [5, 5.41) is 0. The van der Waals surface area contributed by atoms with Crippen molar-refractivity contribution in [2.24, 2.45) is 0 Å². The summed E-state index contributed by atoms with van der Waals surface area (Å²) >= 11 is 0. The molecule has 1 aromatic carbocycles. The normalized spacial score (nSPS) is 13.1. The lowest BCUT2D eigenvalue weighted by molar-refractivity contribution is -0.156. The molecule has 130 valence electrons. The summed E-state index contributed by atoms with van der Waals surface area (Å²) in [6.07, 6.45) is 0.328. The molecule has 0 amide bonds. The molecule has 0 fully saturated rings. The van der Waals surface area contributed by atoms with Crippen LogP contribution in [0.15, 0.2) is 24.3 Å². The van der Waals surface area contributed by atoms with Gasteiger partial charge >= 0.3 is 5.97 Å². The van der Waals surface area contributed by atoms with Gasteiger partial charge in [-0.2, -0.15) is 8.42 Å². The molecule has 0 unspecified atom stereocenters. The minimum atomic E-state index is -3.64. The zero-order chi connectivity index (χ0) is 17.5. The van der Waals surface area contributed by atoms with Gasteiger partial charge in [-0.05, 0) is 30.5 Å². The molecule has 1 rings (SSSR count). The molecule has 0 spiro atoms. The van der Waals surface area contributed by atoms with Crippen molar-refractivity contribution < 1.29 is 31.6 Å². The highest BCUT2D eigenvalue weighted by Crippen LogP contribution is 2.16. The van der Waals surface area contributed by atoms with Gasteiger partial charge in [0.1, 0.15) is 6.10 Å². The lowest BCUT2D eigenvalue weighted by Gasteiger charge is -2.23. The summed E-state index contributed by atoms with van der Waals surface area (Å²) in [4.78, 5) is 11.4. The zero-order valence-corrected chi connectivity index (χ0v) is 14.5. The van der Waals surface area contributed by atoms with Crippen molar-refractivity contribution in [1.82, 2.24) is 0 Å². The van der Waals surface area contributed by atoms with Crippen LogP contribution in [-0.4, -0.2) is 54.4 Å². The van der Waals surface area contributed by atoms with E-state index in [9.17, 15) is 13.2 Å². The highest BCUT2D eigenvalue weighted by atomic mass is 32.2. The summed E-state index contributed by atoms with van der Waals surface area (Å²) in [6.45, 7) is 0. The van der Waals surface area contributed by atoms with E-state index in [1.165, 1.54) is 21.3 Å². The van der Waals surface area contributed by atoms with E-state index in [-0.39, 0.29) is 0 Å². The maximum Gasteiger partial charge on any atom is 0.337 e. The van der Waals surface area contributed by atoms with Gasteiger partial charge in [0.2, 0.25) is 0 Å². The number of benzene rings is 1. The van der Waals surface area contributed by atoms with Crippen LogP contribution in [0.25, 0.3) is 0 Å². The summed E-state index contributed by atoms with van der Waals surface area (Å²) < 4.78 is 42.6. The third-order valence-electron chi connectivity index (χ3n) is 3.16. The van der Waals surface area contributed by atoms with Gasteiger partial charge in [-0.15, -0.1) is 0 Å². The van der Waals surface area contributed by atoms with Crippen molar-refractivity contribution in [3.63, 3.8) is 0 Å². The van der Waals surface area contributed by atoms with Crippen molar-refractivity contribution in [2.45, 2.75) is 25.2 Å². The predicted molar refractivity (Wildman–Crippen MR) is 83.6 cm³/mol. The minimum Gasteiger partial charge on any atom is -0.465 e. The summed E-state index contributed by atoms with van der Waals surface area (Å²) in [7, 11) is 0.512. The van der Waals surface area contributed by atoms with Crippen LogP contribution < -0.4 is 0 Å². The molecule has 0 saturated carbocycles. The summed E-state index contributed by atoms with van der Waals surface area (Å²) in [6, 6.07) is 6.85. The number of esters is 1. The van der Waals surface area contributed by atoms with E-state index in [1.807, 2.05) is 0 Å². The van der Waals surface area contributed by atoms with Gasteiger partial charge in [0.25, 0.3) is 10.1 Å². The second-order valence-electron chi connectivity index (χ2n) is 4.91. The van der Waals surface area contributed by atoms with E-state index in [0.717, 1.165) is 11.8 Å². The van der Waals surface area contributed by atoms with Crippen molar-refractivity contribution in [2.75, 3.05) is 27.6 Å². The first kappa shape index (κ1) is 19.6. The number of rotatable bonds is 9. The fraction of sp³-hybridized carbons (Fsp3) is 0.533. The molecule has 0 N–H and O–H groups in total. The summed E-state index contributed by atoms with van der Waals surface area (Å²) in [5.41, 5.74) is 1.37. The van der Waals surface area contributed by atoms with Crippen LogP contribution in [0.3, 0.4) is 0 Å².